The lowest BCUT2D eigenvalue weighted by molar-refractivity contribution is 0.0690. The Kier molecular flexibility index (Phi) is 3.60. The Labute approximate surface area is 105 Å². The highest BCUT2D eigenvalue weighted by Gasteiger charge is 2.25. The fraction of sp³-hybridized carbons (Fsp3) is 0.462. The van der Waals surface area contributed by atoms with Gasteiger partial charge in [-0.05, 0) is 36.8 Å². The van der Waals surface area contributed by atoms with E-state index in [1.807, 2.05) is 0 Å². The first-order chi connectivity index (χ1) is 8.56. The smallest absolute Gasteiger partial charge is 0.354 e. The van der Waals surface area contributed by atoms with Crippen LogP contribution in [-0.2, 0) is 0 Å². The molecule has 2 rings (SSSR count). The minimum Gasteiger partial charge on any atom is -0.477 e. The summed E-state index contributed by atoms with van der Waals surface area (Å²) in [4.78, 5) is 26.3. The Morgan fingerprint density at radius 2 is 2.06 bits per heavy atom. The number of carboxylic acids is 1. The van der Waals surface area contributed by atoms with Crippen LogP contribution in [0.4, 0.5) is 0 Å². The number of carboxylic acid groups (broad SMARTS) is 1. The van der Waals surface area contributed by atoms with Gasteiger partial charge in [-0.3, -0.25) is 4.79 Å². The van der Waals surface area contributed by atoms with E-state index in [4.69, 9.17) is 5.11 Å². The van der Waals surface area contributed by atoms with Gasteiger partial charge in [-0.1, -0.05) is 13.0 Å². The van der Waals surface area contributed by atoms with E-state index in [-0.39, 0.29) is 17.3 Å². The van der Waals surface area contributed by atoms with E-state index in [0.717, 1.165) is 18.8 Å². The zero-order chi connectivity index (χ0) is 13.1. The van der Waals surface area contributed by atoms with E-state index >= 15 is 0 Å². The molecular formula is C13H16N2O3. The lowest BCUT2D eigenvalue weighted by atomic mass is 9.76. The Balaban J connectivity index is 1.92. The number of amides is 1. The SMILES string of the molecule is CC1CC(CNC(=O)c2cccc(C(=O)O)n2)C1. The average molecular weight is 248 g/mol. The molecule has 1 aromatic heterocycles. The van der Waals surface area contributed by atoms with Gasteiger partial charge in [-0.15, -0.1) is 0 Å². The molecule has 18 heavy (non-hydrogen) atoms. The van der Waals surface area contributed by atoms with Gasteiger partial charge >= 0.3 is 5.97 Å². The van der Waals surface area contributed by atoms with Gasteiger partial charge in [0, 0.05) is 6.54 Å². The van der Waals surface area contributed by atoms with Crippen LogP contribution in [-0.4, -0.2) is 28.5 Å². The summed E-state index contributed by atoms with van der Waals surface area (Å²) < 4.78 is 0. The Bertz CT molecular complexity index is 467. The zero-order valence-electron chi connectivity index (χ0n) is 10.2. The van der Waals surface area contributed by atoms with Gasteiger partial charge in [0.15, 0.2) is 0 Å². The van der Waals surface area contributed by atoms with E-state index in [9.17, 15) is 9.59 Å². The summed E-state index contributed by atoms with van der Waals surface area (Å²) in [7, 11) is 0. The molecule has 1 heterocycles. The van der Waals surface area contributed by atoms with Crippen molar-refractivity contribution in [3.63, 3.8) is 0 Å². The molecule has 0 aliphatic heterocycles. The number of pyridine rings is 1. The second kappa shape index (κ2) is 5.16. The number of aromatic nitrogens is 1. The number of hydrogen-bond acceptors (Lipinski definition) is 3. The molecule has 0 spiro atoms. The minimum atomic E-state index is -1.13. The van der Waals surface area contributed by atoms with Crippen LogP contribution in [0.1, 0.15) is 40.7 Å². The molecule has 96 valence electrons. The maximum atomic E-state index is 11.8. The molecule has 2 N–H and O–H groups in total. The minimum absolute atomic E-state index is 0.111. The molecule has 0 saturated heterocycles. The first kappa shape index (κ1) is 12.5. The third-order valence-corrected chi connectivity index (χ3v) is 3.22. The molecule has 1 amide bonds. The van der Waals surface area contributed by atoms with Crippen LogP contribution in [0.2, 0.25) is 0 Å². The molecule has 1 aromatic rings. The van der Waals surface area contributed by atoms with Crippen LogP contribution in [0.15, 0.2) is 18.2 Å². The number of carbonyl (C=O) groups is 2. The average Bonchev–Trinajstić information content (AvgIpc) is 2.33. The Morgan fingerprint density at radius 3 is 2.67 bits per heavy atom. The van der Waals surface area contributed by atoms with Crippen LogP contribution >= 0.6 is 0 Å². The highest BCUT2D eigenvalue weighted by Crippen LogP contribution is 2.32. The fourth-order valence-electron chi connectivity index (χ4n) is 2.24. The van der Waals surface area contributed by atoms with Crippen LogP contribution in [0.5, 0.6) is 0 Å². The molecule has 1 fully saturated rings. The molecule has 5 heteroatoms. The fourth-order valence-corrected chi connectivity index (χ4v) is 2.24. The highest BCUT2D eigenvalue weighted by molar-refractivity contribution is 5.94. The van der Waals surface area contributed by atoms with Gasteiger partial charge < -0.3 is 10.4 Å². The summed E-state index contributed by atoms with van der Waals surface area (Å²) in [5, 5.41) is 11.6. The predicted octanol–water partition coefficient (Wildman–Crippen LogP) is 1.56. The summed E-state index contributed by atoms with van der Waals surface area (Å²) >= 11 is 0. The van der Waals surface area contributed by atoms with Gasteiger partial charge in [0.25, 0.3) is 5.91 Å². The van der Waals surface area contributed by atoms with Crippen LogP contribution in [0.3, 0.4) is 0 Å². The summed E-state index contributed by atoms with van der Waals surface area (Å²) in [6.45, 7) is 2.83. The summed E-state index contributed by atoms with van der Waals surface area (Å²) in [5.74, 6) is -0.137. The lowest BCUT2D eigenvalue weighted by Gasteiger charge is -2.32. The monoisotopic (exact) mass is 248 g/mol. The molecule has 1 aliphatic carbocycles. The number of carbonyl (C=O) groups excluding carboxylic acids is 1. The molecule has 0 unspecified atom stereocenters. The topological polar surface area (TPSA) is 79.3 Å². The van der Waals surface area contributed by atoms with Gasteiger partial charge in [0.1, 0.15) is 11.4 Å². The zero-order valence-corrected chi connectivity index (χ0v) is 10.2. The molecule has 0 atom stereocenters. The van der Waals surface area contributed by atoms with E-state index in [1.54, 1.807) is 0 Å². The van der Waals surface area contributed by atoms with Crippen molar-refractivity contribution >= 4 is 11.9 Å². The standard InChI is InChI=1S/C13H16N2O3/c1-8-5-9(6-8)7-14-12(16)10-3-2-4-11(15-10)13(17)18/h2-4,8-9H,5-7H2,1H3,(H,14,16)(H,17,18). The van der Waals surface area contributed by atoms with Crippen molar-refractivity contribution < 1.29 is 14.7 Å². The van der Waals surface area contributed by atoms with E-state index in [0.29, 0.717) is 12.5 Å². The second-order valence-corrected chi connectivity index (χ2v) is 4.87. The van der Waals surface area contributed by atoms with E-state index < -0.39 is 5.97 Å². The summed E-state index contributed by atoms with van der Waals surface area (Å²) in [6.07, 6.45) is 2.28. The molecule has 0 bridgehead atoms. The first-order valence-electron chi connectivity index (χ1n) is 6.05. The normalized spacial score (nSPS) is 22.1. The van der Waals surface area contributed by atoms with Crippen LogP contribution < -0.4 is 5.32 Å². The van der Waals surface area contributed by atoms with Crippen molar-refractivity contribution in [2.75, 3.05) is 6.54 Å². The summed E-state index contributed by atoms with van der Waals surface area (Å²) in [6, 6.07) is 4.41. The number of aromatic carboxylic acids is 1. The third-order valence-electron chi connectivity index (χ3n) is 3.22. The highest BCUT2D eigenvalue weighted by atomic mass is 16.4. The van der Waals surface area contributed by atoms with Crippen molar-refractivity contribution in [2.45, 2.75) is 19.8 Å². The van der Waals surface area contributed by atoms with Gasteiger partial charge in [0.05, 0.1) is 0 Å². The van der Waals surface area contributed by atoms with Crippen LogP contribution in [0.25, 0.3) is 0 Å². The van der Waals surface area contributed by atoms with Gasteiger partial charge in [-0.25, -0.2) is 9.78 Å². The lowest BCUT2D eigenvalue weighted by Crippen LogP contribution is -2.35. The largest absolute Gasteiger partial charge is 0.477 e. The molecule has 0 aromatic carbocycles. The van der Waals surface area contributed by atoms with Crippen molar-refractivity contribution in [3.8, 4) is 0 Å². The van der Waals surface area contributed by atoms with Gasteiger partial charge in [0.2, 0.25) is 0 Å². The quantitative estimate of drug-likeness (QED) is 0.847. The van der Waals surface area contributed by atoms with Crippen molar-refractivity contribution in [3.05, 3.63) is 29.6 Å². The van der Waals surface area contributed by atoms with Gasteiger partial charge in [-0.2, -0.15) is 0 Å². The van der Waals surface area contributed by atoms with E-state index in [2.05, 4.69) is 17.2 Å². The van der Waals surface area contributed by atoms with E-state index in [1.165, 1.54) is 18.2 Å². The van der Waals surface area contributed by atoms with Crippen molar-refractivity contribution in [1.82, 2.24) is 10.3 Å². The molecule has 1 saturated carbocycles. The Hall–Kier alpha value is -1.91. The molecular weight excluding hydrogens is 232 g/mol. The van der Waals surface area contributed by atoms with Crippen molar-refractivity contribution in [2.24, 2.45) is 11.8 Å². The maximum absolute atomic E-state index is 11.8. The second-order valence-electron chi connectivity index (χ2n) is 4.87. The predicted molar refractivity (Wildman–Crippen MR) is 65.4 cm³/mol. The summed E-state index contributed by atoms with van der Waals surface area (Å²) in [5.41, 5.74) is 0.0437. The number of nitrogens with one attached hydrogen (secondary N) is 1. The third kappa shape index (κ3) is 2.85. The molecule has 5 nitrogen and oxygen atoms in total. The first-order valence-corrected chi connectivity index (χ1v) is 6.05. The maximum Gasteiger partial charge on any atom is 0.354 e. The Morgan fingerprint density at radius 1 is 1.39 bits per heavy atom. The molecule has 0 radical (unpaired) electrons. The van der Waals surface area contributed by atoms with Crippen LogP contribution in [0, 0.1) is 11.8 Å². The number of rotatable bonds is 4. The molecule has 1 aliphatic rings. The number of hydrogen-bond donors (Lipinski definition) is 2. The van der Waals surface area contributed by atoms with Crippen molar-refractivity contribution in [1.29, 1.82) is 0 Å². The number of nitrogens with zero attached hydrogens (tertiary/aromatic N) is 1.